The van der Waals surface area contributed by atoms with Crippen LogP contribution in [0.3, 0.4) is 0 Å². The molecule has 1 aliphatic heterocycles. The van der Waals surface area contributed by atoms with Crippen molar-refractivity contribution in [1.82, 2.24) is 20.0 Å². The van der Waals surface area contributed by atoms with Crippen LogP contribution in [0.25, 0.3) is 0 Å². The Bertz CT molecular complexity index is 761. The van der Waals surface area contributed by atoms with Crippen LogP contribution in [0.2, 0.25) is 0 Å². The maximum Gasteiger partial charge on any atom is 0.274 e. The van der Waals surface area contributed by atoms with Gasteiger partial charge in [-0.2, -0.15) is 5.10 Å². The van der Waals surface area contributed by atoms with Gasteiger partial charge in [0, 0.05) is 24.7 Å². The van der Waals surface area contributed by atoms with E-state index in [1.165, 1.54) is 30.4 Å². The normalized spacial score (nSPS) is 20.6. The number of likely N-dealkylation sites (tertiary alicyclic amines) is 1. The molecule has 2 aromatic rings. The minimum atomic E-state index is 0.0650. The summed E-state index contributed by atoms with van der Waals surface area (Å²) in [7, 11) is 4.16. The maximum absolute atomic E-state index is 13.1. The van der Waals surface area contributed by atoms with E-state index in [2.05, 4.69) is 53.5 Å². The molecule has 1 saturated carbocycles. The second-order valence-corrected chi connectivity index (χ2v) is 7.97. The highest BCUT2D eigenvalue weighted by Gasteiger charge is 2.31. The van der Waals surface area contributed by atoms with Gasteiger partial charge in [0.15, 0.2) is 0 Å². The SMILES string of the molecule is CN(C)Cc1ccc(C2CCCCN2C(=O)c2cc(C3CC3)[nH]n2)cc1. The van der Waals surface area contributed by atoms with E-state index in [9.17, 15) is 4.79 Å². The van der Waals surface area contributed by atoms with Crippen LogP contribution in [-0.2, 0) is 6.54 Å². The van der Waals surface area contributed by atoms with Gasteiger partial charge in [-0.1, -0.05) is 24.3 Å². The van der Waals surface area contributed by atoms with Gasteiger partial charge in [-0.15, -0.1) is 0 Å². The zero-order valence-electron chi connectivity index (χ0n) is 15.7. The summed E-state index contributed by atoms with van der Waals surface area (Å²) in [5.74, 6) is 0.653. The fourth-order valence-electron chi connectivity index (χ4n) is 3.93. The predicted molar refractivity (Wildman–Crippen MR) is 102 cm³/mol. The second-order valence-electron chi connectivity index (χ2n) is 7.97. The number of amides is 1. The first-order valence-corrected chi connectivity index (χ1v) is 9.71. The topological polar surface area (TPSA) is 52.2 Å². The van der Waals surface area contributed by atoms with Crippen LogP contribution < -0.4 is 0 Å². The summed E-state index contributed by atoms with van der Waals surface area (Å²) >= 11 is 0. The van der Waals surface area contributed by atoms with Gasteiger partial charge in [0.1, 0.15) is 5.69 Å². The number of piperidine rings is 1. The molecule has 2 fully saturated rings. The monoisotopic (exact) mass is 352 g/mol. The molecule has 1 aromatic carbocycles. The van der Waals surface area contributed by atoms with Crippen LogP contribution in [0.5, 0.6) is 0 Å². The lowest BCUT2D eigenvalue weighted by atomic mass is 9.94. The molecule has 5 heteroatoms. The Balaban J connectivity index is 1.52. The van der Waals surface area contributed by atoms with Crippen molar-refractivity contribution in [3.05, 3.63) is 52.8 Å². The highest BCUT2D eigenvalue weighted by molar-refractivity contribution is 5.92. The summed E-state index contributed by atoms with van der Waals surface area (Å²) in [4.78, 5) is 17.3. The lowest BCUT2D eigenvalue weighted by molar-refractivity contribution is 0.0605. The molecule has 1 aliphatic carbocycles. The van der Waals surface area contributed by atoms with Gasteiger partial charge in [0.05, 0.1) is 6.04 Å². The number of carbonyl (C=O) groups excluding carboxylic acids is 1. The number of aromatic amines is 1. The van der Waals surface area contributed by atoms with Gasteiger partial charge in [-0.25, -0.2) is 0 Å². The number of H-pyrrole nitrogens is 1. The molecule has 138 valence electrons. The van der Waals surface area contributed by atoms with Crippen molar-refractivity contribution >= 4 is 5.91 Å². The summed E-state index contributed by atoms with van der Waals surface area (Å²) in [5, 5.41) is 7.37. The highest BCUT2D eigenvalue weighted by Crippen LogP contribution is 2.39. The molecular weight excluding hydrogens is 324 g/mol. The summed E-state index contributed by atoms with van der Waals surface area (Å²) < 4.78 is 0. The van der Waals surface area contributed by atoms with Crippen molar-refractivity contribution < 1.29 is 4.79 Å². The van der Waals surface area contributed by atoms with E-state index in [1.807, 2.05) is 11.0 Å². The number of benzene rings is 1. The average Bonchev–Trinajstić information content (AvgIpc) is 3.38. The molecule has 26 heavy (non-hydrogen) atoms. The first-order valence-electron chi connectivity index (χ1n) is 9.71. The summed E-state index contributed by atoms with van der Waals surface area (Å²) in [6, 6.07) is 10.9. The smallest absolute Gasteiger partial charge is 0.274 e. The van der Waals surface area contributed by atoms with Gasteiger partial charge in [0.25, 0.3) is 5.91 Å². The minimum Gasteiger partial charge on any atom is -0.330 e. The molecular formula is C21H28N4O. The quantitative estimate of drug-likeness (QED) is 0.892. The number of hydrogen-bond donors (Lipinski definition) is 1. The molecule has 1 aromatic heterocycles. The third kappa shape index (κ3) is 3.68. The van der Waals surface area contributed by atoms with Crippen LogP contribution in [0.15, 0.2) is 30.3 Å². The number of hydrogen-bond acceptors (Lipinski definition) is 3. The van der Waals surface area contributed by atoms with Gasteiger partial charge < -0.3 is 9.80 Å². The van der Waals surface area contributed by atoms with E-state index in [0.717, 1.165) is 31.6 Å². The maximum atomic E-state index is 13.1. The fourth-order valence-corrected chi connectivity index (χ4v) is 3.93. The Kier molecular flexibility index (Phi) is 4.81. The Hall–Kier alpha value is -2.14. The number of rotatable bonds is 5. The molecule has 0 spiro atoms. The Morgan fingerprint density at radius 3 is 2.65 bits per heavy atom. The van der Waals surface area contributed by atoms with E-state index in [4.69, 9.17) is 0 Å². The molecule has 1 amide bonds. The molecule has 2 heterocycles. The van der Waals surface area contributed by atoms with Crippen molar-refractivity contribution in [3.63, 3.8) is 0 Å². The van der Waals surface area contributed by atoms with Crippen LogP contribution in [0.1, 0.15) is 71.4 Å². The summed E-state index contributed by atoms with van der Waals surface area (Å²) in [6.07, 6.45) is 5.68. The third-order valence-corrected chi connectivity index (χ3v) is 5.46. The number of aromatic nitrogens is 2. The first kappa shape index (κ1) is 17.3. The third-order valence-electron chi connectivity index (χ3n) is 5.46. The molecule has 1 unspecified atom stereocenters. The molecule has 5 nitrogen and oxygen atoms in total. The number of nitrogens with one attached hydrogen (secondary N) is 1. The van der Waals surface area contributed by atoms with Crippen molar-refractivity contribution in [2.45, 2.75) is 50.6 Å². The Labute approximate surface area is 155 Å². The molecule has 0 radical (unpaired) electrons. The summed E-state index contributed by atoms with van der Waals surface area (Å²) in [6.45, 7) is 1.75. The molecule has 4 rings (SSSR count). The van der Waals surface area contributed by atoms with Gasteiger partial charge in [-0.3, -0.25) is 9.89 Å². The predicted octanol–water partition coefficient (Wildman–Crippen LogP) is 3.72. The second kappa shape index (κ2) is 7.23. The van der Waals surface area contributed by atoms with Gasteiger partial charge >= 0.3 is 0 Å². The molecule has 1 atom stereocenters. The minimum absolute atomic E-state index is 0.0650. The first-order chi connectivity index (χ1) is 12.6. The average molecular weight is 352 g/mol. The highest BCUT2D eigenvalue weighted by atomic mass is 16.2. The fraction of sp³-hybridized carbons (Fsp3) is 0.524. The van der Waals surface area contributed by atoms with Crippen molar-refractivity contribution in [2.24, 2.45) is 0 Å². The zero-order chi connectivity index (χ0) is 18.1. The lowest BCUT2D eigenvalue weighted by Crippen LogP contribution is -2.38. The van der Waals surface area contributed by atoms with Gasteiger partial charge in [0.2, 0.25) is 0 Å². The van der Waals surface area contributed by atoms with E-state index >= 15 is 0 Å². The molecule has 2 aliphatic rings. The van der Waals surface area contributed by atoms with Crippen LogP contribution in [0.4, 0.5) is 0 Å². The molecule has 1 N–H and O–H groups in total. The number of nitrogens with zero attached hydrogens (tertiary/aromatic N) is 3. The van der Waals surface area contributed by atoms with Crippen molar-refractivity contribution in [2.75, 3.05) is 20.6 Å². The van der Waals surface area contributed by atoms with E-state index in [0.29, 0.717) is 11.6 Å². The zero-order valence-corrected chi connectivity index (χ0v) is 15.7. The molecule has 0 bridgehead atoms. The largest absolute Gasteiger partial charge is 0.330 e. The van der Waals surface area contributed by atoms with Crippen molar-refractivity contribution in [1.29, 1.82) is 0 Å². The van der Waals surface area contributed by atoms with Crippen LogP contribution >= 0.6 is 0 Å². The standard InChI is InChI=1S/C21H28N4O/c1-24(2)14-15-6-8-17(9-7-15)20-5-3-4-12-25(20)21(26)19-13-18(22-23-19)16-10-11-16/h6-9,13,16,20H,3-5,10-12,14H2,1-2H3,(H,22,23). The van der Waals surface area contributed by atoms with Crippen molar-refractivity contribution in [3.8, 4) is 0 Å². The summed E-state index contributed by atoms with van der Waals surface area (Å²) in [5.41, 5.74) is 4.23. The van der Waals surface area contributed by atoms with Crippen LogP contribution in [0, 0.1) is 0 Å². The van der Waals surface area contributed by atoms with E-state index in [1.54, 1.807) is 0 Å². The van der Waals surface area contributed by atoms with Crippen LogP contribution in [-0.4, -0.2) is 46.5 Å². The van der Waals surface area contributed by atoms with E-state index in [-0.39, 0.29) is 11.9 Å². The number of carbonyl (C=O) groups is 1. The lowest BCUT2D eigenvalue weighted by Gasteiger charge is -2.35. The Morgan fingerprint density at radius 2 is 1.96 bits per heavy atom. The van der Waals surface area contributed by atoms with Gasteiger partial charge in [-0.05, 0) is 63.4 Å². The Morgan fingerprint density at radius 1 is 1.19 bits per heavy atom. The van der Waals surface area contributed by atoms with E-state index < -0.39 is 0 Å². The molecule has 1 saturated heterocycles.